The number of anilines is 1. The summed E-state index contributed by atoms with van der Waals surface area (Å²) in [6, 6.07) is 0. The van der Waals surface area contributed by atoms with Crippen LogP contribution in [-0.4, -0.2) is 29.0 Å². The molecule has 0 aliphatic carbocycles. The second-order valence-corrected chi connectivity index (χ2v) is 3.23. The summed E-state index contributed by atoms with van der Waals surface area (Å²) in [5.41, 5.74) is 1.77. The highest BCUT2D eigenvalue weighted by Crippen LogP contribution is 2.04. The minimum absolute atomic E-state index is 0.0440. The van der Waals surface area contributed by atoms with E-state index in [0.717, 1.165) is 11.4 Å². The topological polar surface area (TPSA) is 66.9 Å². The summed E-state index contributed by atoms with van der Waals surface area (Å²) in [6.45, 7) is 6.54. The Hall–Kier alpha value is -1.65. The van der Waals surface area contributed by atoms with Crippen molar-refractivity contribution < 1.29 is 4.79 Å². The van der Waals surface area contributed by atoms with E-state index in [1.807, 2.05) is 20.8 Å². The Balaban J connectivity index is 2.51. The molecule has 5 nitrogen and oxygen atoms in total. The molecule has 5 heteroatoms. The molecule has 0 saturated carbocycles. The van der Waals surface area contributed by atoms with Gasteiger partial charge in [0, 0.05) is 6.54 Å². The maximum absolute atomic E-state index is 11.1. The van der Waals surface area contributed by atoms with Crippen LogP contribution in [0.3, 0.4) is 0 Å². The number of aromatic nitrogens is 2. The molecular weight excluding hydrogens is 192 g/mol. The summed E-state index contributed by atoms with van der Waals surface area (Å²) < 4.78 is 0. The molecule has 0 bridgehead atoms. The van der Waals surface area contributed by atoms with Crippen molar-refractivity contribution in [2.24, 2.45) is 0 Å². The van der Waals surface area contributed by atoms with Gasteiger partial charge >= 0.3 is 0 Å². The van der Waals surface area contributed by atoms with Crippen LogP contribution in [0.15, 0.2) is 6.20 Å². The number of carbonyl (C=O) groups excluding carboxylic acids is 1. The highest BCUT2D eigenvalue weighted by Gasteiger charge is 2.01. The summed E-state index contributed by atoms with van der Waals surface area (Å²) in [7, 11) is 0. The van der Waals surface area contributed by atoms with E-state index < -0.39 is 0 Å². The molecule has 0 atom stereocenters. The van der Waals surface area contributed by atoms with Crippen LogP contribution in [0.25, 0.3) is 0 Å². The fraction of sp³-hybridized carbons (Fsp3) is 0.500. The zero-order valence-electron chi connectivity index (χ0n) is 9.29. The quantitative estimate of drug-likeness (QED) is 0.762. The van der Waals surface area contributed by atoms with Gasteiger partial charge in [-0.25, -0.2) is 4.98 Å². The molecule has 1 rings (SSSR count). The van der Waals surface area contributed by atoms with Gasteiger partial charge in [-0.3, -0.25) is 9.78 Å². The molecule has 1 heterocycles. The minimum atomic E-state index is -0.0440. The van der Waals surface area contributed by atoms with Crippen molar-refractivity contribution in [1.82, 2.24) is 15.3 Å². The molecule has 0 radical (unpaired) electrons. The van der Waals surface area contributed by atoms with Gasteiger partial charge in [-0.1, -0.05) is 0 Å². The average Bonchev–Trinajstić information content (AvgIpc) is 2.20. The smallest absolute Gasteiger partial charge is 0.239 e. The zero-order valence-corrected chi connectivity index (χ0v) is 9.29. The van der Waals surface area contributed by atoms with Gasteiger partial charge in [0.25, 0.3) is 0 Å². The highest BCUT2D eigenvalue weighted by atomic mass is 16.1. The lowest BCUT2D eigenvalue weighted by Gasteiger charge is -2.06. The van der Waals surface area contributed by atoms with Crippen molar-refractivity contribution >= 4 is 11.7 Å². The number of nitrogens with zero attached hydrogens (tertiary/aromatic N) is 2. The van der Waals surface area contributed by atoms with E-state index in [1.165, 1.54) is 0 Å². The Morgan fingerprint density at radius 1 is 1.40 bits per heavy atom. The summed E-state index contributed by atoms with van der Waals surface area (Å²) in [6.07, 6.45) is 1.63. The van der Waals surface area contributed by atoms with Crippen LogP contribution in [-0.2, 0) is 4.79 Å². The molecule has 0 aliphatic heterocycles. The lowest BCUT2D eigenvalue weighted by atomic mass is 10.3. The van der Waals surface area contributed by atoms with E-state index in [2.05, 4.69) is 20.6 Å². The van der Waals surface area contributed by atoms with E-state index in [1.54, 1.807) is 6.20 Å². The first kappa shape index (κ1) is 11.4. The maximum Gasteiger partial charge on any atom is 0.239 e. The number of hydrogen-bond donors (Lipinski definition) is 2. The minimum Gasteiger partial charge on any atom is -0.360 e. The van der Waals surface area contributed by atoms with E-state index in [4.69, 9.17) is 0 Å². The van der Waals surface area contributed by atoms with Crippen molar-refractivity contribution in [3.63, 3.8) is 0 Å². The second-order valence-electron chi connectivity index (χ2n) is 3.23. The van der Waals surface area contributed by atoms with Crippen molar-refractivity contribution in [3.8, 4) is 0 Å². The summed E-state index contributed by atoms with van der Waals surface area (Å²) in [5, 5.41) is 5.60. The molecule has 0 saturated heterocycles. The second kappa shape index (κ2) is 5.29. The lowest BCUT2D eigenvalue weighted by molar-refractivity contribution is -0.119. The van der Waals surface area contributed by atoms with Gasteiger partial charge in [0.1, 0.15) is 5.82 Å². The maximum atomic E-state index is 11.1. The molecule has 2 N–H and O–H groups in total. The normalized spacial score (nSPS) is 9.80. The third-order valence-corrected chi connectivity index (χ3v) is 2.00. The van der Waals surface area contributed by atoms with Crippen LogP contribution in [0.2, 0.25) is 0 Å². The Kier molecular flexibility index (Phi) is 4.03. The SMILES string of the molecule is CCNC(=O)CNc1cnc(C)c(C)n1. The van der Waals surface area contributed by atoms with Gasteiger partial charge < -0.3 is 10.6 Å². The Labute approximate surface area is 89.3 Å². The predicted octanol–water partition coefficient (Wildman–Crippen LogP) is 0.641. The van der Waals surface area contributed by atoms with E-state index >= 15 is 0 Å². The predicted molar refractivity (Wildman–Crippen MR) is 58.7 cm³/mol. The summed E-state index contributed by atoms with van der Waals surface area (Å²) in [4.78, 5) is 19.5. The third-order valence-electron chi connectivity index (χ3n) is 2.00. The molecule has 82 valence electrons. The summed E-state index contributed by atoms with van der Waals surface area (Å²) in [5.74, 6) is 0.585. The van der Waals surface area contributed by atoms with Crippen LogP contribution in [0.4, 0.5) is 5.82 Å². The number of aryl methyl sites for hydroxylation is 2. The first-order valence-electron chi connectivity index (χ1n) is 4.94. The Morgan fingerprint density at radius 3 is 2.73 bits per heavy atom. The number of likely N-dealkylation sites (N-methyl/N-ethyl adjacent to an activating group) is 1. The molecule has 0 fully saturated rings. The van der Waals surface area contributed by atoms with Crippen molar-refractivity contribution in [2.75, 3.05) is 18.4 Å². The molecule has 0 aliphatic rings. The van der Waals surface area contributed by atoms with E-state index in [-0.39, 0.29) is 12.5 Å². The van der Waals surface area contributed by atoms with E-state index in [9.17, 15) is 4.79 Å². The van der Waals surface area contributed by atoms with Gasteiger partial charge in [-0.15, -0.1) is 0 Å². The molecule has 0 spiro atoms. The third kappa shape index (κ3) is 3.53. The van der Waals surface area contributed by atoms with Gasteiger partial charge in [0.05, 0.1) is 24.1 Å². The van der Waals surface area contributed by atoms with Crippen molar-refractivity contribution in [1.29, 1.82) is 0 Å². The number of rotatable bonds is 4. The zero-order chi connectivity index (χ0) is 11.3. The van der Waals surface area contributed by atoms with Crippen molar-refractivity contribution in [2.45, 2.75) is 20.8 Å². The van der Waals surface area contributed by atoms with Crippen molar-refractivity contribution in [3.05, 3.63) is 17.6 Å². The van der Waals surface area contributed by atoms with Crippen LogP contribution in [0, 0.1) is 13.8 Å². The first-order valence-corrected chi connectivity index (χ1v) is 4.94. The molecule has 1 aromatic rings. The van der Waals surface area contributed by atoms with Crippen LogP contribution in [0.5, 0.6) is 0 Å². The van der Waals surface area contributed by atoms with Crippen LogP contribution in [0.1, 0.15) is 18.3 Å². The molecule has 15 heavy (non-hydrogen) atoms. The van der Waals surface area contributed by atoms with Gasteiger partial charge in [0.15, 0.2) is 0 Å². The van der Waals surface area contributed by atoms with Gasteiger partial charge in [0.2, 0.25) is 5.91 Å². The summed E-state index contributed by atoms with van der Waals surface area (Å²) >= 11 is 0. The number of carbonyl (C=O) groups is 1. The number of nitrogens with one attached hydrogen (secondary N) is 2. The molecule has 1 aromatic heterocycles. The fourth-order valence-corrected chi connectivity index (χ4v) is 1.06. The fourth-order valence-electron chi connectivity index (χ4n) is 1.06. The lowest BCUT2D eigenvalue weighted by Crippen LogP contribution is -2.29. The monoisotopic (exact) mass is 208 g/mol. The number of amides is 1. The Morgan fingerprint density at radius 2 is 2.13 bits per heavy atom. The molecule has 0 unspecified atom stereocenters. The first-order chi connectivity index (χ1) is 7.13. The Bertz CT molecular complexity index is 351. The van der Waals surface area contributed by atoms with E-state index in [0.29, 0.717) is 12.4 Å². The highest BCUT2D eigenvalue weighted by molar-refractivity contribution is 5.80. The van der Waals surface area contributed by atoms with Gasteiger partial charge in [-0.05, 0) is 20.8 Å². The molecule has 0 aromatic carbocycles. The molecular formula is C10H16N4O. The number of hydrogen-bond acceptors (Lipinski definition) is 4. The molecule has 1 amide bonds. The van der Waals surface area contributed by atoms with Crippen LogP contribution >= 0.6 is 0 Å². The van der Waals surface area contributed by atoms with Gasteiger partial charge in [-0.2, -0.15) is 0 Å². The largest absolute Gasteiger partial charge is 0.360 e. The standard InChI is InChI=1S/C10H16N4O/c1-4-11-10(15)6-13-9-5-12-7(2)8(3)14-9/h5H,4,6H2,1-3H3,(H,11,15)(H,13,14). The van der Waals surface area contributed by atoms with Crippen LogP contribution < -0.4 is 10.6 Å². The average molecular weight is 208 g/mol.